The van der Waals surface area contributed by atoms with E-state index in [1.54, 1.807) is 11.0 Å². The van der Waals surface area contributed by atoms with Gasteiger partial charge in [0.1, 0.15) is 17.6 Å². The van der Waals surface area contributed by atoms with Crippen LogP contribution >= 0.6 is 0 Å². The average molecular weight is 350 g/mol. The summed E-state index contributed by atoms with van der Waals surface area (Å²) in [5.74, 6) is 1.15. The van der Waals surface area contributed by atoms with E-state index < -0.39 is 10.5 Å². The van der Waals surface area contributed by atoms with Gasteiger partial charge in [0.2, 0.25) is 0 Å². The van der Waals surface area contributed by atoms with Gasteiger partial charge < -0.3 is 14.5 Å². The van der Waals surface area contributed by atoms with Crippen LogP contribution in [0.1, 0.15) is 33.6 Å². The lowest BCUT2D eigenvalue weighted by molar-refractivity contribution is -0.385. The molecule has 138 valence electrons. The Kier molecular flexibility index (Phi) is 5.81. The number of nitrogens with zero attached hydrogens (tertiary/aromatic N) is 4. The van der Waals surface area contributed by atoms with E-state index in [0.29, 0.717) is 24.8 Å². The first-order valence-corrected chi connectivity index (χ1v) is 8.45. The second-order valence-electron chi connectivity index (χ2n) is 7.42. The van der Waals surface area contributed by atoms with Crippen LogP contribution in [-0.4, -0.2) is 53.2 Å². The van der Waals surface area contributed by atoms with Crippen molar-refractivity contribution in [3.05, 3.63) is 28.4 Å². The number of likely N-dealkylation sites (tertiary alicyclic amines) is 1. The quantitative estimate of drug-likeness (QED) is 0.612. The number of ether oxygens (including phenoxy) is 1. The molecule has 0 aromatic carbocycles. The summed E-state index contributed by atoms with van der Waals surface area (Å²) in [6.07, 6.45) is 2.82. The number of hydrogen-bond donors (Lipinski definition) is 0. The minimum absolute atomic E-state index is 0.0113. The maximum Gasteiger partial charge on any atom is 0.410 e. The van der Waals surface area contributed by atoms with Crippen LogP contribution in [0, 0.1) is 16.0 Å². The Balaban J connectivity index is 1.83. The molecule has 0 saturated carbocycles. The number of carbonyl (C=O) groups excluding carboxylic acids is 1. The highest BCUT2D eigenvalue weighted by atomic mass is 16.6. The Morgan fingerprint density at radius 2 is 2.04 bits per heavy atom. The highest BCUT2D eigenvalue weighted by Gasteiger charge is 2.27. The van der Waals surface area contributed by atoms with Gasteiger partial charge in [-0.15, -0.1) is 0 Å². The maximum atomic E-state index is 12.1. The lowest BCUT2D eigenvalue weighted by Crippen LogP contribution is -2.43. The fraction of sp³-hybridized carbons (Fsp3) is 0.647. The van der Waals surface area contributed by atoms with E-state index in [0.717, 1.165) is 19.4 Å². The van der Waals surface area contributed by atoms with Gasteiger partial charge in [0.05, 0.1) is 4.92 Å². The maximum absolute atomic E-state index is 12.1. The number of anilines is 1. The summed E-state index contributed by atoms with van der Waals surface area (Å²) < 4.78 is 5.40. The number of carbonyl (C=O) groups is 1. The van der Waals surface area contributed by atoms with Gasteiger partial charge in [-0.1, -0.05) is 0 Å². The van der Waals surface area contributed by atoms with Crippen molar-refractivity contribution >= 4 is 17.6 Å². The van der Waals surface area contributed by atoms with Crippen molar-refractivity contribution in [3.63, 3.8) is 0 Å². The first-order chi connectivity index (χ1) is 11.7. The molecule has 0 spiro atoms. The third-order valence-corrected chi connectivity index (χ3v) is 4.13. The zero-order valence-electron chi connectivity index (χ0n) is 15.3. The van der Waals surface area contributed by atoms with Crippen LogP contribution < -0.4 is 4.90 Å². The van der Waals surface area contributed by atoms with Gasteiger partial charge in [-0.05, 0) is 45.6 Å². The number of pyridine rings is 1. The van der Waals surface area contributed by atoms with E-state index >= 15 is 0 Å². The van der Waals surface area contributed by atoms with Gasteiger partial charge in [-0.25, -0.2) is 9.78 Å². The molecular weight excluding hydrogens is 324 g/mol. The highest BCUT2D eigenvalue weighted by molar-refractivity contribution is 5.68. The topological polar surface area (TPSA) is 88.8 Å². The van der Waals surface area contributed by atoms with Crippen LogP contribution in [0.25, 0.3) is 0 Å². The van der Waals surface area contributed by atoms with Crippen molar-refractivity contribution in [3.8, 4) is 0 Å². The minimum Gasteiger partial charge on any atom is -0.444 e. The van der Waals surface area contributed by atoms with Crippen LogP contribution in [0.2, 0.25) is 0 Å². The molecule has 0 unspecified atom stereocenters. The van der Waals surface area contributed by atoms with Crippen LogP contribution in [0.5, 0.6) is 0 Å². The largest absolute Gasteiger partial charge is 0.444 e. The van der Waals surface area contributed by atoms with E-state index in [-0.39, 0.29) is 11.8 Å². The molecule has 1 aromatic rings. The molecule has 0 atom stereocenters. The molecule has 1 amide bonds. The molecule has 1 aliphatic rings. The summed E-state index contributed by atoms with van der Waals surface area (Å²) >= 11 is 0. The Morgan fingerprint density at radius 3 is 2.52 bits per heavy atom. The second-order valence-corrected chi connectivity index (χ2v) is 7.42. The smallest absolute Gasteiger partial charge is 0.410 e. The van der Waals surface area contributed by atoms with Crippen molar-refractivity contribution < 1.29 is 14.5 Å². The molecule has 1 aromatic heterocycles. The molecule has 0 N–H and O–H groups in total. The summed E-state index contributed by atoms with van der Waals surface area (Å²) in [4.78, 5) is 30.2. The molecule has 25 heavy (non-hydrogen) atoms. The fourth-order valence-corrected chi connectivity index (χ4v) is 2.82. The van der Waals surface area contributed by atoms with E-state index in [2.05, 4.69) is 4.98 Å². The molecule has 8 heteroatoms. The zero-order valence-corrected chi connectivity index (χ0v) is 15.3. The Hall–Kier alpha value is -2.38. The van der Waals surface area contributed by atoms with Crippen molar-refractivity contribution in [1.29, 1.82) is 0 Å². The van der Waals surface area contributed by atoms with Gasteiger partial charge in [0.15, 0.2) is 0 Å². The third-order valence-electron chi connectivity index (χ3n) is 4.13. The molecule has 0 aliphatic carbocycles. The van der Waals surface area contributed by atoms with Gasteiger partial charge in [0.25, 0.3) is 5.69 Å². The predicted molar refractivity (Wildman–Crippen MR) is 94.7 cm³/mol. The molecule has 0 bridgehead atoms. The predicted octanol–water partition coefficient (Wildman–Crippen LogP) is 3.07. The van der Waals surface area contributed by atoms with E-state index in [1.165, 1.54) is 12.3 Å². The van der Waals surface area contributed by atoms with Crippen LogP contribution in [0.3, 0.4) is 0 Å². The van der Waals surface area contributed by atoms with Crippen molar-refractivity contribution in [2.24, 2.45) is 5.92 Å². The molecule has 1 fully saturated rings. The molecule has 8 nitrogen and oxygen atoms in total. The fourth-order valence-electron chi connectivity index (χ4n) is 2.82. The third kappa shape index (κ3) is 5.58. The second kappa shape index (κ2) is 7.67. The van der Waals surface area contributed by atoms with Gasteiger partial charge in [-0.3, -0.25) is 10.1 Å². The van der Waals surface area contributed by atoms with E-state index in [1.807, 2.05) is 32.7 Å². The van der Waals surface area contributed by atoms with E-state index in [9.17, 15) is 14.9 Å². The minimum atomic E-state index is -0.476. The molecule has 0 radical (unpaired) electrons. The van der Waals surface area contributed by atoms with Crippen LogP contribution in [-0.2, 0) is 4.74 Å². The lowest BCUT2D eigenvalue weighted by atomic mass is 9.96. The Labute approximate surface area is 147 Å². The lowest BCUT2D eigenvalue weighted by Gasteiger charge is -2.35. The number of piperidine rings is 1. The SMILES string of the molecule is CN(CC1CCN(C(=O)OC(C)(C)C)CC1)c1ccc([N+](=O)[O-])cn1. The van der Waals surface area contributed by atoms with Crippen molar-refractivity contribution in [2.75, 3.05) is 31.6 Å². The molecule has 2 rings (SSSR count). The van der Waals surface area contributed by atoms with Gasteiger partial charge >= 0.3 is 6.09 Å². The zero-order chi connectivity index (χ0) is 18.6. The Morgan fingerprint density at radius 1 is 1.40 bits per heavy atom. The number of aromatic nitrogens is 1. The number of amides is 1. The molecule has 1 saturated heterocycles. The van der Waals surface area contributed by atoms with Crippen molar-refractivity contribution in [1.82, 2.24) is 9.88 Å². The number of hydrogen-bond acceptors (Lipinski definition) is 6. The number of nitro groups is 1. The standard InChI is InChI=1S/C17H26N4O4/c1-17(2,3)25-16(22)20-9-7-13(8-10-20)12-19(4)15-6-5-14(11-18-15)21(23)24/h5-6,11,13H,7-10,12H2,1-4H3. The normalized spacial score (nSPS) is 15.8. The molecule has 1 aliphatic heterocycles. The highest BCUT2D eigenvalue weighted by Crippen LogP contribution is 2.22. The summed E-state index contributed by atoms with van der Waals surface area (Å²) in [6, 6.07) is 3.12. The van der Waals surface area contributed by atoms with Gasteiger partial charge in [-0.2, -0.15) is 0 Å². The van der Waals surface area contributed by atoms with Crippen LogP contribution in [0.15, 0.2) is 18.3 Å². The Bertz CT molecular complexity index is 604. The molecule has 2 heterocycles. The van der Waals surface area contributed by atoms with Gasteiger partial charge in [0, 0.05) is 32.7 Å². The number of rotatable bonds is 4. The summed E-state index contributed by atoms with van der Waals surface area (Å²) in [5, 5.41) is 10.7. The summed E-state index contributed by atoms with van der Waals surface area (Å²) in [7, 11) is 1.93. The molecular formula is C17H26N4O4. The van der Waals surface area contributed by atoms with Crippen LogP contribution in [0.4, 0.5) is 16.3 Å². The first kappa shape index (κ1) is 19.0. The summed E-state index contributed by atoms with van der Waals surface area (Å²) in [5.41, 5.74) is -0.488. The summed E-state index contributed by atoms with van der Waals surface area (Å²) in [6.45, 7) is 7.76. The first-order valence-electron chi connectivity index (χ1n) is 8.45. The van der Waals surface area contributed by atoms with E-state index in [4.69, 9.17) is 4.74 Å². The monoisotopic (exact) mass is 350 g/mol. The van der Waals surface area contributed by atoms with Crippen molar-refractivity contribution in [2.45, 2.75) is 39.2 Å². The average Bonchev–Trinajstić information content (AvgIpc) is 2.54.